The molecule has 1 fully saturated rings. The highest BCUT2D eigenvalue weighted by Gasteiger charge is 2.46. The Bertz CT molecular complexity index is 841. The number of halogens is 1. The molecule has 1 N–H and O–H groups in total. The number of carbonyl (C=O) groups excluding carboxylic acids is 1. The van der Waals surface area contributed by atoms with E-state index >= 15 is 0 Å². The van der Waals surface area contributed by atoms with Crippen molar-refractivity contribution in [1.29, 1.82) is 0 Å². The Balaban J connectivity index is 1.29. The molecule has 6 nitrogen and oxygen atoms in total. The van der Waals surface area contributed by atoms with Gasteiger partial charge in [-0.15, -0.1) is 0 Å². The van der Waals surface area contributed by atoms with E-state index in [-0.39, 0.29) is 11.7 Å². The molecular weight excluding hydrogens is 347 g/mol. The SMILES string of the molecule is O=C(NCc1ccc(F)cc1)C1=NOC2(CCN(Cc3cccnc3)C2)C1. The molecule has 1 atom stereocenters. The van der Waals surface area contributed by atoms with Crippen LogP contribution in [-0.2, 0) is 22.7 Å². The second-order valence-corrected chi connectivity index (χ2v) is 7.12. The summed E-state index contributed by atoms with van der Waals surface area (Å²) in [5.74, 6) is -0.528. The fraction of sp³-hybridized carbons (Fsp3) is 0.350. The average molecular weight is 368 g/mol. The molecule has 0 aliphatic carbocycles. The van der Waals surface area contributed by atoms with Crippen molar-refractivity contribution in [2.24, 2.45) is 5.16 Å². The van der Waals surface area contributed by atoms with Crippen molar-refractivity contribution in [1.82, 2.24) is 15.2 Å². The van der Waals surface area contributed by atoms with Crippen molar-refractivity contribution in [3.8, 4) is 0 Å². The first kappa shape index (κ1) is 17.6. The number of carbonyl (C=O) groups is 1. The summed E-state index contributed by atoms with van der Waals surface area (Å²) in [6.07, 6.45) is 4.97. The average Bonchev–Trinajstić information content (AvgIpc) is 3.29. The Morgan fingerprint density at radius 1 is 1.26 bits per heavy atom. The van der Waals surface area contributed by atoms with Gasteiger partial charge in [0.2, 0.25) is 0 Å². The molecule has 0 radical (unpaired) electrons. The van der Waals surface area contributed by atoms with E-state index in [2.05, 4.69) is 26.4 Å². The number of rotatable bonds is 5. The van der Waals surface area contributed by atoms with Crippen LogP contribution in [0.2, 0.25) is 0 Å². The Hall–Kier alpha value is -2.80. The van der Waals surface area contributed by atoms with Gasteiger partial charge in [-0.05, 0) is 29.3 Å². The first-order valence-electron chi connectivity index (χ1n) is 9.01. The monoisotopic (exact) mass is 368 g/mol. The maximum Gasteiger partial charge on any atom is 0.269 e. The van der Waals surface area contributed by atoms with Crippen LogP contribution in [0.5, 0.6) is 0 Å². The van der Waals surface area contributed by atoms with Gasteiger partial charge in [-0.1, -0.05) is 23.4 Å². The minimum absolute atomic E-state index is 0.234. The first-order chi connectivity index (χ1) is 13.1. The Labute approximate surface area is 157 Å². The molecule has 27 heavy (non-hydrogen) atoms. The lowest BCUT2D eigenvalue weighted by atomic mass is 9.96. The standard InChI is InChI=1S/C20H21FN4O2/c21-17-5-3-15(4-6-17)12-23-19(26)18-10-20(27-24-18)7-9-25(14-20)13-16-2-1-8-22-11-16/h1-6,8,11H,7,9-10,12-14H2,(H,23,26). The minimum Gasteiger partial charge on any atom is -0.387 e. The molecular formula is C20H21FN4O2. The highest BCUT2D eigenvalue weighted by Crippen LogP contribution is 2.34. The normalized spacial score (nSPS) is 21.9. The number of pyridine rings is 1. The van der Waals surface area contributed by atoms with E-state index in [9.17, 15) is 9.18 Å². The van der Waals surface area contributed by atoms with Crippen LogP contribution in [0.4, 0.5) is 4.39 Å². The van der Waals surface area contributed by atoms with E-state index in [0.717, 1.165) is 37.2 Å². The van der Waals surface area contributed by atoms with E-state index < -0.39 is 5.60 Å². The first-order valence-corrected chi connectivity index (χ1v) is 9.01. The van der Waals surface area contributed by atoms with Crippen molar-refractivity contribution in [3.05, 3.63) is 65.7 Å². The molecule has 140 valence electrons. The molecule has 1 saturated heterocycles. The number of nitrogens with one attached hydrogen (secondary N) is 1. The van der Waals surface area contributed by atoms with E-state index in [1.165, 1.54) is 12.1 Å². The summed E-state index contributed by atoms with van der Waals surface area (Å²) in [5, 5.41) is 6.87. The number of hydrogen-bond acceptors (Lipinski definition) is 5. The van der Waals surface area contributed by atoms with Crippen molar-refractivity contribution in [2.75, 3.05) is 13.1 Å². The van der Waals surface area contributed by atoms with Crippen molar-refractivity contribution in [2.45, 2.75) is 31.5 Å². The lowest BCUT2D eigenvalue weighted by molar-refractivity contribution is -0.115. The van der Waals surface area contributed by atoms with Crippen LogP contribution in [0.1, 0.15) is 24.0 Å². The Kier molecular flexibility index (Phi) is 4.85. The maximum absolute atomic E-state index is 12.9. The van der Waals surface area contributed by atoms with E-state index in [0.29, 0.717) is 18.7 Å². The number of amides is 1. The van der Waals surface area contributed by atoms with Gasteiger partial charge in [0, 0.05) is 51.4 Å². The van der Waals surface area contributed by atoms with Gasteiger partial charge in [0.15, 0.2) is 5.60 Å². The Morgan fingerprint density at radius 3 is 2.89 bits per heavy atom. The predicted octanol–water partition coefficient (Wildman–Crippen LogP) is 2.26. The Morgan fingerprint density at radius 2 is 2.11 bits per heavy atom. The van der Waals surface area contributed by atoms with Crippen LogP contribution in [0.3, 0.4) is 0 Å². The zero-order valence-corrected chi connectivity index (χ0v) is 14.9. The van der Waals surface area contributed by atoms with Crippen LogP contribution in [0.25, 0.3) is 0 Å². The molecule has 3 heterocycles. The molecule has 0 bridgehead atoms. The summed E-state index contributed by atoms with van der Waals surface area (Å²) in [5.41, 5.74) is 2.00. The van der Waals surface area contributed by atoms with E-state index in [4.69, 9.17) is 4.84 Å². The van der Waals surface area contributed by atoms with Crippen LogP contribution in [0, 0.1) is 5.82 Å². The van der Waals surface area contributed by atoms with Gasteiger partial charge in [-0.2, -0.15) is 0 Å². The zero-order valence-electron chi connectivity index (χ0n) is 14.9. The molecule has 1 amide bonds. The number of benzene rings is 1. The third-order valence-electron chi connectivity index (χ3n) is 4.99. The maximum atomic E-state index is 12.9. The number of aromatic nitrogens is 1. The number of hydrogen-bond donors (Lipinski definition) is 1. The lowest BCUT2D eigenvalue weighted by Crippen LogP contribution is -2.36. The van der Waals surface area contributed by atoms with Crippen molar-refractivity contribution < 1.29 is 14.0 Å². The highest BCUT2D eigenvalue weighted by molar-refractivity contribution is 6.39. The molecule has 1 aromatic carbocycles. The topological polar surface area (TPSA) is 66.8 Å². The summed E-state index contributed by atoms with van der Waals surface area (Å²) in [4.78, 5) is 24.5. The van der Waals surface area contributed by atoms with Gasteiger partial charge in [0.1, 0.15) is 11.5 Å². The molecule has 0 saturated carbocycles. The number of nitrogens with zero attached hydrogens (tertiary/aromatic N) is 3. The zero-order chi connectivity index (χ0) is 18.7. The smallest absolute Gasteiger partial charge is 0.269 e. The minimum atomic E-state index is -0.412. The fourth-order valence-electron chi connectivity index (χ4n) is 3.56. The molecule has 1 aromatic heterocycles. The molecule has 7 heteroatoms. The van der Waals surface area contributed by atoms with Gasteiger partial charge >= 0.3 is 0 Å². The van der Waals surface area contributed by atoms with Gasteiger partial charge in [0.25, 0.3) is 5.91 Å². The van der Waals surface area contributed by atoms with Crippen molar-refractivity contribution >= 4 is 11.6 Å². The summed E-state index contributed by atoms with van der Waals surface area (Å²) in [7, 11) is 0. The largest absolute Gasteiger partial charge is 0.387 e. The highest BCUT2D eigenvalue weighted by atomic mass is 19.1. The van der Waals surface area contributed by atoms with Crippen LogP contribution in [0.15, 0.2) is 53.9 Å². The third-order valence-corrected chi connectivity index (χ3v) is 4.99. The van der Waals surface area contributed by atoms with E-state index in [1.807, 2.05) is 12.3 Å². The summed E-state index contributed by atoms with van der Waals surface area (Å²) in [6.45, 7) is 2.78. The van der Waals surface area contributed by atoms with Gasteiger partial charge in [-0.25, -0.2) is 4.39 Å². The van der Waals surface area contributed by atoms with E-state index in [1.54, 1.807) is 18.3 Å². The van der Waals surface area contributed by atoms with Crippen LogP contribution >= 0.6 is 0 Å². The van der Waals surface area contributed by atoms with Crippen LogP contribution in [-0.4, -0.2) is 40.2 Å². The second kappa shape index (κ2) is 7.44. The van der Waals surface area contributed by atoms with Crippen LogP contribution < -0.4 is 5.32 Å². The summed E-state index contributed by atoms with van der Waals surface area (Å²) in [6, 6.07) is 10.0. The number of likely N-dealkylation sites (tertiary alicyclic amines) is 1. The quantitative estimate of drug-likeness (QED) is 0.879. The summed E-state index contributed by atoms with van der Waals surface area (Å²) >= 11 is 0. The predicted molar refractivity (Wildman–Crippen MR) is 98.2 cm³/mol. The van der Waals surface area contributed by atoms with Crippen molar-refractivity contribution in [3.63, 3.8) is 0 Å². The summed E-state index contributed by atoms with van der Waals surface area (Å²) < 4.78 is 12.9. The molecule has 2 aliphatic rings. The molecule has 4 rings (SSSR count). The molecule has 2 aromatic rings. The van der Waals surface area contributed by atoms with Gasteiger partial charge < -0.3 is 10.2 Å². The van der Waals surface area contributed by atoms with Gasteiger partial charge in [0.05, 0.1) is 0 Å². The molecule has 1 unspecified atom stereocenters. The number of oxime groups is 1. The third kappa shape index (κ3) is 4.14. The molecule has 1 spiro atoms. The molecule has 2 aliphatic heterocycles. The second-order valence-electron chi connectivity index (χ2n) is 7.12. The lowest BCUT2D eigenvalue weighted by Gasteiger charge is -2.21. The van der Waals surface area contributed by atoms with Gasteiger partial charge in [-0.3, -0.25) is 14.7 Å². The fourth-order valence-corrected chi connectivity index (χ4v) is 3.56.